The van der Waals surface area contributed by atoms with Crippen LogP contribution in [-0.2, 0) is 4.79 Å². The van der Waals surface area contributed by atoms with Crippen molar-refractivity contribution in [2.24, 2.45) is 0 Å². The molecule has 7 nitrogen and oxygen atoms in total. The molecule has 1 heterocycles. The summed E-state index contributed by atoms with van der Waals surface area (Å²) in [7, 11) is 0. The molecule has 0 aromatic carbocycles. The first-order valence-corrected chi connectivity index (χ1v) is 6.11. The first kappa shape index (κ1) is 14.7. The SMILES string of the molecule is O=C(O)C(CCO)NC(=O)N1CCCCC1CO. The number of carbonyl (C=O) groups excluding carboxylic acids is 1. The van der Waals surface area contributed by atoms with Gasteiger partial charge in [-0.1, -0.05) is 0 Å². The van der Waals surface area contributed by atoms with Crippen molar-refractivity contribution < 1.29 is 24.9 Å². The molecule has 2 amide bonds. The normalized spacial score (nSPS) is 21.4. The van der Waals surface area contributed by atoms with E-state index in [1.54, 1.807) is 0 Å². The minimum absolute atomic E-state index is 0.0291. The summed E-state index contributed by atoms with van der Waals surface area (Å²) in [6.07, 6.45) is 2.50. The van der Waals surface area contributed by atoms with E-state index in [2.05, 4.69) is 5.32 Å². The fourth-order valence-electron chi connectivity index (χ4n) is 2.08. The molecule has 1 aliphatic rings. The van der Waals surface area contributed by atoms with Crippen molar-refractivity contribution in [1.82, 2.24) is 10.2 Å². The number of amides is 2. The van der Waals surface area contributed by atoms with Crippen molar-refractivity contribution >= 4 is 12.0 Å². The number of carboxylic acids is 1. The smallest absolute Gasteiger partial charge is 0.326 e. The fourth-order valence-corrected chi connectivity index (χ4v) is 2.08. The molecule has 1 aliphatic heterocycles. The Morgan fingerprint density at radius 2 is 2.06 bits per heavy atom. The van der Waals surface area contributed by atoms with Crippen LogP contribution < -0.4 is 5.32 Å². The number of aliphatic hydroxyl groups is 2. The number of hydrogen-bond acceptors (Lipinski definition) is 4. The van der Waals surface area contributed by atoms with E-state index in [-0.39, 0.29) is 25.7 Å². The van der Waals surface area contributed by atoms with Crippen LogP contribution in [0.4, 0.5) is 4.79 Å². The van der Waals surface area contributed by atoms with Crippen molar-refractivity contribution in [2.75, 3.05) is 19.8 Å². The molecule has 7 heteroatoms. The topological polar surface area (TPSA) is 110 Å². The second-order valence-corrected chi connectivity index (χ2v) is 4.38. The molecule has 104 valence electrons. The minimum Gasteiger partial charge on any atom is -0.480 e. The first-order valence-electron chi connectivity index (χ1n) is 6.11. The Bertz CT molecular complexity index is 297. The van der Waals surface area contributed by atoms with Crippen LogP contribution in [0, 0.1) is 0 Å². The summed E-state index contributed by atoms with van der Waals surface area (Å²) in [5, 5.41) is 29.2. The van der Waals surface area contributed by atoms with Crippen molar-refractivity contribution in [2.45, 2.75) is 37.8 Å². The highest BCUT2D eigenvalue weighted by molar-refractivity contribution is 5.82. The highest BCUT2D eigenvalue weighted by Crippen LogP contribution is 2.16. The molecule has 1 saturated heterocycles. The Morgan fingerprint density at radius 1 is 1.33 bits per heavy atom. The van der Waals surface area contributed by atoms with Gasteiger partial charge in [0.15, 0.2) is 0 Å². The number of nitrogens with zero attached hydrogens (tertiary/aromatic N) is 1. The van der Waals surface area contributed by atoms with E-state index < -0.39 is 18.0 Å². The molecule has 2 unspecified atom stereocenters. The lowest BCUT2D eigenvalue weighted by molar-refractivity contribution is -0.139. The number of piperidine rings is 1. The fraction of sp³-hybridized carbons (Fsp3) is 0.818. The van der Waals surface area contributed by atoms with Gasteiger partial charge in [0.1, 0.15) is 6.04 Å². The van der Waals surface area contributed by atoms with Gasteiger partial charge >= 0.3 is 12.0 Å². The quantitative estimate of drug-likeness (QED) is 0.526. The first-order chi connectivity index (χ1) is 8.60. The molecule has 0 bridgehead atoms. The summed E-state index contributed by atoms with van der Waals surface area (Å²) in [6, 6.07) is -1.83. The zero-order chi connectivity index (χ0) is 13.5. The number of likely N-dealkylation sites (tertiary alicyclic amines) is 1. The summed E-state index contributed by atoms with van der Waals surface area (Å²) in [4.78, 5) is 24.2. The van der Waals surface area contributed by atoms with Crippen molar-refractivity contribution in [1.29, 1.82) is 0 Å². The molecule has 0 saturated carbocycles. The van der Waals surface area contributed by atoms with Crippen LogP contribution in [0.25, 0.3) is 0 Å². The highest BCUT2D eigenvalue weighted by atomic mass is 16.4. The summed E-state index contributed by atoms with van der Waals surface area (Å²) < 4.78 is 0. The Kier molecular flexibility index (Phi) is 5.87. The van der Waals surface area contributed by atoms with Gasteiger partial charge < -0.3 is 25.5 Å². The maximum atomic E-state index is 11.9. The lowest BCUT2D eigenvalue weighted by atomic mass is 10.0. The predicted molar refractivity (Wildman–Crippen MR) is 63.1 cm³/mol. The van der Waals surface area contributed by atoms with Gasteiger partial charge in [-0.05, 0) is 19.3 Å². The summed E-state index contributed by atoms with van der Waals surface area (Å²) in [6.45, 7) is 0.0916. The summed E-state index contributed by atoms with van der Waals surface area (Å²) in [5.41, 5.74) is 0. The van der Waals surface area contributed by atoms with E-state index in [4.69, 9.17) is 10.2 Å². The van der Waals surface area contributed by atoms with Crippen LogP contribution in [-0.4, -0.2) is 64.1 Å². The standard InChI is InChI=1S/C11H20N2O5/c14-6-4-9(10(16)17)12-11(18)13-5-2-1-3-8(13)7-15/h8-9,14-15H,1-7H2,(H,12,18)(H,16,17). The average Bonchev–Trinajstić information content (AvgIpc) is 2.37. The predicted octanol–water partition coefficient (Wildman–Crippen LogP) is -0.622. The molecular formula is C11H20N2O5. The Hall–Kier alpha value is -1.34. The Morgan fingerprint density at radius 3 is 2.61 bits per heavy atom. The van der Waals surface area contributed by atoms with E-state index in [0.29, 0.717) is 6.54 Å². The average molecular weight is 260 g/mol. The van der Waals surface area contributed by atoms with E-state index in [1.807, 2.05) is 0 Å². The molecule has 1 fully saturated rings. The van der Waals surface area contributed by atoms with Crippen LogP contribution in [0.5, 0.6) is 0 Å². The van der Waals surface area contributed by atoms with Gasteiger partial charge in [-0.25, -0.2) is 9.59 Å². The molecule has 0 aromatic heterocycles. The summed E-state index contributed by atoms with van der Waals surface area (Å²) in [5.74, 6) is -1.17. The van der Waals surface area contributed by atoms with Crippen molar-refractivity contribution in [3.8, 4) is 0 Å². The molecule has 2 atom stereocenters. The molecule has 0 spiro atoms. The third kappa shape index (κ3) is 3.85. The number of aliphatic hydroxyl groups excluding tert-OH is 2. The zero-order valence-corrected chi connectivity index (χ0v) is 10.2. The molecule has 0 aromatic rings. The van der Waals surface area contributed by atoms with E-state index >= 15 is 0 Å². The molecule has 4 N–H and O–H groups in total. The van der Waals surface area contributed by atoms with Crippen LogP contribution in [0.2, 0.25) is 0 Å². The third-order valence-corrected chi connectivity index (χ3v) is 3.11. The Balaban J connectivity index is 2.58. The lowest BCUT2D eigenvalue weighted by Crippen LogP contribution is -2.54. The largest absolute Gasteiger partial charge is 0.480 e. The minimum atomic E-state index is -1.17. The molecule has 0 radical (unpaired) electrons. The Labute approximate surface area is 105 Å². The van der Waals surface area contributed by atoms with Gasteiger partial charge in [0.25, 0.3) is 0 Å². The zero-order valence-electron chi connectivity index (χ0n) is 10.2. The maximum absolute atomic E-state index is 11.9. The van der Waals surface area contributed by atoms with Crippen LogP contribution in [0.3, 0.4) is 0 Å². The lowest BCUT2D eigenvalue weighted by Gasteiger charge is -2.35. The van der Waals surface area contributed by atoms with Gasteiger partial charge in [-0.3, -0.25) is 0 Å². The van der Waals surface area contributed by atoms with Gasteiger partial charge in [-0.2, -0.15) is 0 Å². The van der Waals surface area contributed by atoms with E-state index in [1.165, 1.54) is 4.90 Å². The molecule has 0 aliphatic carbocycles. The molecular weight excluding hydrogens is 240 g/mol. The monoisotopic (exact) mass is 260 g/mol. The van der Waals surface area contributed by atoms with Gasteiger partial charge in [-0.15, -0.1) is 0 Å². The third-order valence-electron chi connectivity index (χ3n) is 3.11. The number of carbonyl (C=O) groups is 2. The number of hydrogen-bond donors (Lipinski definition) is 4. The van der Waals surface area contributed by atoms with Crippen molar-refractivity contribution in [3.05, 3.63) is 0 Å². The number of urea groups is 1. The number of aliphatic carboxylic acids is 1. The van der Waals surface area contributed by atoms with Gasteiger partial charge in [0.05, 0.1) is 12.6 Å². The number of carboxylic acid groups (broad SMARTS) is 1. The highest BCUT2D eigenvalue weighted by Gasteiger charge is 2.29. The molecule has 1 rings (SSSR count). The second-order valence-electron chi connectivity index (χ2n) is 4.38. The van der Waals surface area contributed by atoms with E-state index in [0.717, 1.165) is 19.3 Å². The van der Waals surface area contributed by atoms with Crippen LogP contribution in [0.15, 0.2) is 0 Å². The van der Waals surface area contributed by atoms with Crippen molar-refractivity contribution in [3.63, 3.8) is 0 Å². The van der Waals surface area contributed by atoms with Gasteiger partial charge in [0.2, 0.25) is 0 Å². The van der Waals surface area contributed by atoms with Crippen LogP contribution >= 0.6 is 0 Å². The summed E-state index contributed by atoms with van der Waals surface area (Å²) >= 11 is 0. The molecule has 18 heavy (non-hydrogen) atoms. The maximum Gasteiger partial charge on any atom is 0.326 e. The second kappa shape index (κ2) is 7.17. The van der Waals surface area contributed by atoms with Gasteiger partial charge in [0, 0.05) is 19.6 Å². The number of nitrogens with one attached hydrogen (secondary N) is 1. The van der Waals surface area contributed by atoms with Crippen LogP contribution in [0.1, 0.15) is 25.7 Å². The van der Waals surface area contributed by atoms with E-state index in [9.17, 15) is 14.7 Å². The number of rotatable bonds is 5.